The molecule has 1 aliphatic heterocycles. The Morgan fingerprint density at radius 3 is 3.00 bits per heavy atom. The number of rotatable bonds is 2. The predicted octanol–water partition coefficient (Wildman–Crippen LogP) is 3.23. The van der Waals surface area contributed by atoms with Crippen molar-refractivity contribution in [3.05, 3.63) is 35.5 Å². The minimum Gasteiger partial charge on any atom is -0.381 e. The second kappa shape index (κ2) is 3.95. The van der Waals surface area contributed by atoms with Crippen molar-refractivity contribution < 1.29 is 4.74 Å². The van der Waals surface area contributed by atoms with E-state index in [1.165, 1.54) is 22.2 Å². The third-order valence-electron chi connectivity index (χ3n) is 3.52. The Balaban J connectivity index is 2.18. The number of hydrogen-bond donors (Lipinski definition) is 1. The van der Waals surface area contributed by atoms with Crippen LogP contribution in [-0.2, 0) is 11.2 Å². The number of benzene rings is 1. The van der Waals surface area contributed by atoms with E-state index in [4.69, 9.17) is 4.74 Å². The van der Waals surface area contributed by atoms with E-state index in [9.17, 15) is 0 Å². The monoisotopic (exact) mass is 215 g/mol. The highest BCUT2D eigenvalue weighted by molar-refractivity contribution is 5.85. The van der Waals surface area contributed by atoms with Gasteiger partial charge in [-0.2, -0.15) is 0 Å². The molecule has 0 saturated carbocycles. The molecular formula is C14H17NO. The van der Waals surface area contributed by atoms with Gasteiger partial charge in [0, 0.05) is 29.1 Å². The summed E-state index contributed by atoms with van der Waals surface area (Å²) in [6.45, 7) is 4.01. The Bertz CT molecular complexity index is 494. The second-order valence-corrected chi connectivity index (χ2v) is 4.48. The van der Waals surface area contributed by atoms with E-state index in [2.05, 4.69) is 36.2 Å². The standard InChI is InChI=1S/C14H17NO/c1-2-12-14(10-7-8-16-9-10)11-5-3-4-6-13(11)15-12/h3-6,10,15H,2,7-9H2,1H3. The smallest absolute Gasteiger partial charge is 0.0536 e. The summed E-state index contributed by atoms with van der Waals surface area (Å²) >= 11 is 0. The lowest BCUT2D eigenvalue weighted by Gasteiger charge is -2.09. The first kappa shape index (κ1) is 9.91. The Hall–Kier alpha value is -1.28. The van der Waals surface area contributed by atoms with Crippen molar-refractivity contribution >= 4 is 10.9 Å². The van der Waals surface area contributed by atoms with Gasteiger partial charge in [-0.1, -0.05) is 25.1 Å². The van der Waals surface area contributed by atoms with Crippen LogP contribution in [0.5, 0.6) is 0 Å². The molecule has 2 heteroatoms. The number of ether oxygens (including phenoxy) is 1. The largest absolute Gasteiger partial charge is 0.381 e. The van der Waals surface area contributed by atoms with Crippen molar-refractivity contribution in [2.45, 2.75) is 25.7 Å². The van der Waals surface area contributed by atoms with E-state index in [1.807, 2.05) is 0 Å². The molecule has 0 bridgehead atoms. The van der Waals surface area contributed by atoms with Crippen molar-refractivity contribution in [1.82, 2.24) is 4.98 Å². The molecule has 2 aromatic rings. The number of para-hydroxylation sites is 1. The van der Waals surface area contributed by atoms with Gasteiger partial charge in [0.1, 0.15) is 0 Å². The summed E-state index contributed by atoms with van der Waals surface area (Å²) in [5, 5.41) is 1.38. The van der Waals surface area contributed by atoms with Crippen LogP contribution in [-0.4, -0.2) is 18.2 Å². The molecule has 1 atom stereocenters. The van der Waals surface area contributed by atoms with E-state index in [0.29, 0.717) is 5.92 Å². The van der Waals surface area contributed by atoms with Gasteiger partial charge in [-0.05, 0) is 24.5 Å². The number of H-pyrrole nitrogens is 1. The lowest BCUT2D eigenvalue weighted by molar-refractivity contribution is 0.194. The van der Waals surface area contributed by atoms with Crippen molar-refractivity contribution in [2.75, 3.05) is 13.2 Å². The maximum atomic E-state index is 5.52. The van der Waals surface area contributed by atoms with Crippen molar-refractivity contribution in [3.63, 3.8) is 0 Å². The fourth-order valence-electron chi connectivity index (χ4n) is 2.73. The molecule has 1 aromatic carbocycles. The molecule has 2 nitrogen and oxygen atoms in total. The number of fused-ring (bicyclic) bond motifs is 1. The molecule has 1 unspecified atom stereocenters. The molecule has 16 heavy (non-hydrogen) atoms. The number of aromatic nitrogens is 1. The first-order chi connectivity index (χ1) is 7.90. The molecule has 0 radical (unpaired) electrons. The highest BCUT2D eigenvalue weighted by Crippen LogP contribution is 2.34. The van der Waals surface area contributed by atoms with Crippen molar-refractivity contribution in [3.8, 4) is 0 Å². The quantitative estimate of drug-likeness (QED) is 0.817. The third kappa shape index (κ3) is 1.45. The van der Waals surface area contributed by atoms with Gasteiger partial charge in [-0.3, -0.25) is 0 Å². The first-order valence-corrected chi connectivity index (χ1v) is 6.07. The van der Waals surface area contributed by atoms with Crippen LogP contribution < -0.4 is 0 Å². The molecule has 0 aliphatic carbocycles. The zero-order valence-electron chi connectivity index (χ0n) is 9.62. The summed E-state index contributed by atoms with van der Waals surface area (Å²) in [5.41, 5.74) is 4.15. The van der Waals surface area contributed by atoms with Crippen molar-refractivity contribution in [2.24, 2.45) is 0 Å². The molecule has 84 valence electrons. The van der Waals surface area contributed by atoms with Crippen LogP contribution in [0.2, 0.25) is 0 Å². The van der Waals surface area contributed by atoms with Crippen LogP contribution in [0.3, 0.4) is 0 Å². The summed E-state index contributed by atoms with van der Waals surface area (Å²) < 4.78 is 5.52. The van der Waals surface area contributed by atoms with Crippen LogP contribution in [0.25, 0.3) is 10.9 Å². The molecule has 1 N–H and O–H groups in total. The van der Waals surface area contributed by atoms with Crippen LogP contribution in [0.4, 0.5) is 0 Å². The SMILES string of the molecule is CCc1[nH]c2ccccc2c1C1CCOC1. The number of nitrogens with one attached hydrogen (secondary N) is 1. The molecule has 2 heterocycles. The maximum Gasteiger partial charge on any atom is 0.0536 e. The van der Waals surface area contributed by atoms with Gasteiger partial charge in [-0.15, -0.1) is 0 Å². The van der Waals surface area contributed by atoms with Gasteiger partial charge in [0.2, 0.25) is 0 Å². The minimum atomic E-state index is 0.589. The van der Waals surface area contributed by atoms with Crippen molar-refractivity contribution in [1.29, 1.82) is 0 Å². The molecule has 1 aliphatic rings. The molecule has 3 rings (SSSR count). The summed E-state index contributed by atoms with van der Waals surface area (Å²) in [5.74, 6) is 0.589. The minimum absolute atomic E-state index is 0.589. The zero-order chi connectivity index (χ0) is 11.0. The third-order valence-corrected chi connectivity index (χ3v) is 3.52. The molecule has 1 aromatic heterocycles. The average molecular weight is 215 g/mol. The average Bonchev–Trinajstić information content (AvgIpc) is 2.94. The highest BCUT2D eigenvalue weighted by Gasteiger charge is 2.23. The summed E-state index contributed by atoms with van der Waals surface area (Å²) in [4.78, 5) is 3.54. The molecular weight excluding hydrogens is 198 g/mol. The predicted molar refractivity (Wildman–Crippen MR) is 65.9 cm³/mol. The van der Waals surface area contributed by atoms with Gasteiger partial charge in [-0.25, -0.2) is 0 Å². The van der Waals surface area contributed by atoms with E-state index >= 15 is 0 Å². The first-order valence-electron chi connectivity index (χ1n) is 6.07. The normalized spacial score (nSPS) is 20.7. The molecule has 1 fully saturated rings. The van der Waals surface area contributed by atoms with E-state index in [0.717, 1.165) is 26.1 Å². The summed E-state index contributed by atoms with van der Waals surface area (Å²) in [6.07, 6.45) is 2.23. The highest BCUT2D eigenvalue weighted by atomic mass is 16.5. The number of hydrogen-bond acceptors (Lipinski definition) is 1. The lowest BCUT2D eigenvalue weighted by atomic mass is 9.94. The topological polar surface area (TPSA) is 25.0 Å². The molecule has 0 spiro atoms. The van der Waals surface area contributed by atoms with Gasteiger partial charge in [0.15, 0.2) is 0 Å². The van der Waals surface area contributed by atoms with Crippen LogP contribution in [0, 0.1) is 0 Å². The van der Waals surface area contributed by atoms with Crippen LogP contribution >= 0.6 is 0 Å². The van der Waals surface area contributed by atoms with E-state index in [-0.39, 0.29) is 0 Å². The van der Waals surface area contributed by atoms with Gasteiger partial charge in [0.25, 0.3) is 0 Å². The van der Waals surface area contributed by atoms with Gasteiger partial charge >= 0.3 is 0 Å². The van der Waals surface area contributed by atoms with E-state index in [1.54, 1.807) is 0 Å². The second-order valence-electron chi connectivity index (χ2n) is 4.48. The lowest BCUT2D eigenvalue weighted by Crippen LogP contribution is -2.00. The van der Waals surface area contributed by atoms with Crippen LogP contribution in [0.1, 0.15) is 30.5 Å². The Morgan fingerprint density at radius 1 is 1.38 bits per heavy atom. The Labute approximate surface area is 95.6 Å². The summed E-state index contributed by atoms with van der Waals surface area (Å²) in [6, 6.07) is 8.59. The number of aromatic amines is 1. The zero-order valence-corrected chi connectivity index (χ0v) is 9.62. The summed E-state index contributed by atoms with van der Waals surface area (Å²) in [7, 11) is 0. The van der Waals surface area contributed by atoms with E-state index < -0.39 is 0 Å². The Morgan fingerprint density at radius 2 is 2.25 bits per heavy atom. The van der Waals surface area contributed by atoms with Crippen LogP contribution in [0.15, 0.2) is 24.3 Å². The molecule has 1 saturated heterocycles. The Kier molecular flexibility index (Phi) is 2.44. The maximum absolute atomic E-state index is 5.52. The fourth-order valence-corrected chi connectivity index (χ4v) is 2.73. The van der Waals surface area contributed by atoms with Gasteiger partial charge in [0.05, 0.1) is 6.61 Å². The fraction of sp³-hybridized carbons (Fsp3) is 0.429. The molecule has 0 amide bonds. The number of aryl methyl sites for hydroxylation is 1. The van der Waals surface area contributed by atoms with Gasteiger partial charge < -0.3 is 9.72 Å².